The van der Waals surface area contributed by atoms with Crippen LogP contribution in [0.1, 0.15) is 19.8 Å². The predicted octanol–water partition coefficient (Wildman–Crippen LogP) is 1.30. The Bertz CT molecular complexity index is 991. The molecular formula is C23H39ClN6O5S. The Labute approximate surface area is 220 Å². The van der Waals surface area contributed by atoms with E-state index in [4.69, 9.17) is 21.1 Å². The number of methoxy groups -OCH3 is 1. The summed E-state index contributed by atoms with van der Waals surface area (Å²) in [5.41, 5.74) is 1.51. The molecule has 0 spiro atoms. The van der Waals surface area contributed by atoms with Crippen molar-refractivity contribution in [3.8, 4) is 0 Å². The summed E-state index contributed by atoms with van der Waals surface area (Å²) in [5.74, 6) is 0.478. The van der Waals surface area contributed by atoms with Gasteiger partial charge in [0.15, 0.2) is 0 Å². The van der Waals surface area contributed by atoms with Gasteiger partial charge in [0.25, 0.3) is 0 Å². The highest BCUT2D eigenvalue weighted by molar-refractivity contribution is 7.88. The standard InChI is InChI=1S/C23H39ClN6O5S/c1-8-22(31)26-13-18(29(4)5)12-21(34-6)17(2)27-16-28-23(20(24)14-25-3)35-19-10-9-11-30(15-19)36(7,32)33/h8,12,14,19,25,27H,1,9-11,13,15-16H2,2-7H3,(H,26,31)/b18-12+,20-14+,21-17-,28-23+/t19-/m1/s1. The molecule has 1 saturated heterocycles. The van der Waals surface area contributed by atoms with Gasteiger partial charge >= 0.3 is 0 Å². The van der Waals surface area contributed by atoms with Crippen LogP contribution in [0.2, 0.25) is 0 Å². The smallest absolute Gasteiger partial charge is 0.243 e. The summed E-state index contributed by atoms with van der Waals surface area (Å²) in [4.78, 5) is 17.9. The molecule has 0 radical (unpaired) electrons. The van der Waals surface area contributed by atoms with E-state index in [2.05, 4.69) is 27.5 Å². The van der Waals surface area contributed by atoms with Crippen molar-refractivity contribution < 1.29 is 22.7 Å². The van der Waals surface area contributed by atoms with E-state index in [1.807, 2.05) is 32.0 Å². The summed E-state index contributed by atoms with van der Waals surface area (Å²) in [6.07, 6.45) is 6.76. The molecule has 0 saturated carbocycles. The Morgan fingerprint density at radius 3 is 2.58 bits per heavy atom. The lowest BCUT2D eigenvalue weighted by atomic mass is 10.1. The maximum absolute atomic E-state index is 11.9. The molecule has 204 valence electrons. The summed E-state index contributed by atoms with van der Waals surface area (Å²) in [7, 11) is 3.67. The fraction of sp³-hybridized carbons (Fsp3) is 0.565. The summed E-state index contributed by atoms with van der Waals surface area (Å²) >= 11 is 6.36. The van der Waals surface area contributed by atoms with Gasteiger partial charge in [0, 0.05) is 45.7 Å². The highest BCUT2D eigenvalue weighted by Crippen LogP contribution is 2.18. The lowest BCUT2D eigenvalue weighted by Crippen LogP contribution is -2.43. The Balaban J connectivity index is 3.02. The third-order valence-electron chi connectivity index (χ3n) is 5.22. The molecule has 11 nitrogen and oxygen atoms in total. The summed E-state index contributed by atoms with van der Waals surface area (Å²) in [6.45, 7) is 6.41. The molecule has 1 atom stereocenters. The number of allylic oxidation sites excluding steroid dienone is 2. The summed E-state index contributed by atoms with van der Waals surface area (Å²) in [5, 5.41) is 9.01. The molecule has 13 heteroatoms. The minimum absolute atomic E-state index is 0.128. The number of nitrogens with one attached hydrogen (secondary N) is 3. The van der Waals surface area contributed by atoms with Crippen molar-refractivity contribution in [2.45, 2.75) is 25.9 Å². The average Bonchev–Trinajstić information content (AvgIpc) is 2.82. The van der Waals surface area contributed by atoms with Crippen molar-refractivity contribution in [2.75, 3.05) is 60.8 Å². The second kappa shape index (κ2) is 15.4. The van der Waals surface area contributed by atoms with Crippen LogP contribution in [0.25, 0.3) is 0 Å². The molecule has 1 heterocycles. The third kappa shape index (κ3) is 10.9. The Hall–Kier alpha value is -2.70. The number of halogens is 1. The maximum atomic E-state index is 11.9. The highest BCUT2D eigenvalue weighted by Gasteiger charge is 2.28. The molecule has 1 aliphatic rings. The van der Waals surface area contributed by atoms with Crippen LogP contribution in [-0.2, 0) is 24.3 Å². The fourth-order valence-corrected chi connectivity index (χ4v) is 4.31. The zero-order chi connectivity index (χ0) is 27.3. The van der Waals surface area contributed by atoms with Crippen molar-refractivity contribution in [1.82, 2.24) is 25.2 Å². The first-order valence-corrected chi connectivity index (χ1v) is 13.6. The highest BCUT2D eigenvalue weighted by atomic mass is 35.5. The van der Waals surface area contributed by atoms with Crippen LogP contribution in [-0.4, -0.2) is 96.3 Å². The molecule has 1 fully saturated rings. The van der Waals surface area contributed by atoms with Crippen molar-refractivity contribution in [3.05, 3.63) is 47.1 Å². The van der Waals surface area contributed by atoms with Crippen molar-refractivity contribution in [3.63, 3.8) is 0 Å². The van der Waals surface area contributed by atoms with Gasteiger partial charge in [-0.2, -0.15) is 4.31 Å². The van der Waals surface area contributed by atoms with Gasteiger partial charge in [-0.25, -0.2) is 13.4 Å². The van der Waals surface area contributed by atoms with Crippen molar-refractivity contribution in [1.29, 1.82) is 0 Å². The maximum Gasteiger partial charge on any atom is 0.243 e. The summed E-state index contributed by atoms with van der Waals surface area (Å²) in [6, 6.07) is 0. The number of amides is 1. The van der Waals surface area contributed by atoms with E-state index < -0.39 is 10.0 Å². The number of hydrogen-bond donors (Lipinski definition) is 3. The molecule has 1 rings (SSSR count). The van der Waals surface area contributed by atoms with E-state index in [-0.39, 0.29) is 36.2 Å². The molecule has 3 N–H and O–H groups in total. The number of ether oxygens (including phenoxy) is 2. The number of hydrogen-bond acceptors (Lipinski definition) is 9. The normalized spacial score (nSPS) is 18.6. The predicted molar refractivity (Wildman–Crippen MR) is 144 cm³/mol. The van der Waals surface area contributed by atoms with Crippen LogP contribution in [0.15, 0.2) is 52.1 Å². The van der Waals surface area contributed by atoms with Crippen molar-refractivity contribution in [2.24, 2.45) is 4.99 Å². The van der Waals surface area contributed by atoms with Crippen LogP contribution in [0, 0.1) is 0 Å². The molecule has 0 aromatic heterocycles. The fourth-order valence-electron chi connectivity index (χ4n) is 3.19. The van der Waals surface area contributed by atoms with Crippen LogP contribution in [0.4, 0.5) is 0 Å². The quantitative estimate of drug-likeness (QED) is 0.104. The number of nitrogens with zero attached hydrogens (tertiary/aromatic N) is 3. The largest absolute Gasteiger partial charge is 0.495 e. The first-order chi connectivity index (χ1) is 16.9. The molecule has 0 aromatic carbocycles. The van der Waals surface area contributed by atoms with Gasteiger partial charge in [-0.3, -0.25) is 4.79 Å². The average molecular weight is 547 g/mol. The first kappa shape index (κ1) is 31.3. The number of sulfonamides is 1. The molecule has 0 unspecified atom stereocenters. The van der Waals surface area contributed by atoms with Crippen LogP contribution in [0.5, 0.6) is 0 Å². The van der Waals surface area contributed by atoms with E-state index >= 15 is 0 Å². The van der Waals surface area contributed by atoms with Gasteiger partial charge in [0.2, 0.25) is 21.8 Å². The molecule has 0 aliphatic carbocycles. The van der Waals surface area contributed by atoms with Crippen LogP contribution in [0.3, 0.4) is 0 Å². The molecule has 0 bridgehead atoms. The number of piperidine rings is 1. The Morgan fingerprint density at radius 1 is 1.33 bits per heavy atom. The zero-order valence-corrected chi connectivity index (χ0v) is 23.5. The second-order valence-electron chi connectivity index (χ2n) is 8.23. The van der Waals surface area contributed by atoms with E-state index in [1.165, 1.54) is 16.6 Å². The molecule has 1 amide bonds. The number of aliphatic imine (C=N–C) groups is 1. The van der Waals surface area contributed by atoms with E-state index in [9.17, 15) is 13.2 Å². The Kier molecular flexibility index (Phi) is 13.4. The van der Waals surface area contributed by atoms with E-state index in [1.54, 1.807) is 20.4 Å². The SMILES string of the molecule is C=CC(=O)NC/C(=C\C(OC)=C(/C)NC/N=C(O[C@@H]1CCCN(S(C)(=O)=O)C1)\C(Cl)=C/NC)N(C)C. The molecule has 0 aromatic rings. The molecular weight excluding hydrogens is 508 g/mol. The van der Waals surface area contributed by atoms with Gasteiger partial charge in [-0.1, -0.05) is 18.2 Å². The van der Waals surface area contributed by atoms with Gasteiger partial charge in [-0.05, 0) is 25.8 Å². The Morgan fingerprint density at radius 2 is 2.03 bits per heavy atom. The second-order valence-corrected chi connectivity index (χ2v) is 10.6. The molecule has 36 heavy (non-hydrogen) atoms. The summed E-state index contributed by atoms with van der Waals surface area (Å²) < 4.78 is 36.8. The number of rotatable bonds is 13. The van der Waals surface area contributed by atoms with Gasteiger partial charge in [0.1, 0.15) is 23.6 Å². The van der Waals surface area contributed by atoms with Crippen LogP contribution < -0.4 is 16.0 Å². The van der Waals surface area contributed by atoms with Crippen LogP contribution >= 0.6 is 11.6 Å². The van der Waals surface area contributed by atoms with E-state index in [0.717, 1.165) is 5.70 Å². The third-order valence-corrected chi connectivity index (χ3v) is 6.76. The molecule has 1 aliphatic heterocycles. The zero-order valence-electron chi connectivity index (χ0n) is 21.9. The lowest BCUT2D eigenvalue weighted by molar-refractivity contribution is -0.116. The van der Waals surface area contributed by atoms with Gasteiger partial charge < -0.3 is 30.3 Å². The number of carbonyl (C=O) groups is 1. The van der Waals surface area contributed by atoms with Gasteiger partial charge in [0.05, 0.1) is 32.2 Å². The van der Waals surface area contributed by atoms with Crippen molar-refractivity contribution >= 4 is 33.4 Å². The number of carbonyl (C=O) groups excluding carboxylic acids is 1. The minimum atomic E-state index is -3.31. The number of likely N-dealkylation sites (N-methyl/N-ethyl adjacent to an activating group) is 1. The monoisotopic (exact) mass is 546 g/mol. The first-order valence-electron chi connectivity index (χ1n) is 11.4. The lowest BCUT2D eigenvalue weighted by Gasteiger charge is -2.31. The van der Waals surface area contributed by atoms with Gasteiger partial charge in [-0.15, -0.1) is 0 Å². The topological polar surface area (TPSA) is 125 Å². The minimum Gasteiger partial charge on any atom is -0.495 e. The van der Waals surface area contributed by atoms with E-state index in [0.29, 0.717) is 37.4 Å².